The van der Waals surface area contributed by atoms with Crippen molar-refractivity contribution < 1.29 is 4.74 Å². The number of thiazole rings is 1. The third-order valence-electron chi connectivity index (χ3n) is 3.30. The van der Waals surface area contributed by atoms with Gasteiger partial charge in [0.2, 0.25) is 0 Å². The van der Waals surface area contributed by atoms with E-state index in [1.807, 2.05) is 12.1 Å². The van der Waals surface area contributed by atoms with E-state index in [1.165, 1.54) is 11.3 Å². The lowest BCUT2D eigenvalue weighted by Crippen LogP contribution is -2.37. The van der Waals surface area contributed by atoms with E-state index >= 15 is 0 Å². The third kappa shape index (κ3) is 3.41. The van der Waals surface area contributed by atoms with Gasteiger partial charge >= 0.3 is 0 Å². The SMILES string of the molecule is [c]1ccc(-c2nc(CCN3CCOCC3)cs2)cc1. The van der Waals surface area contributed by atoms with Crippen molar-refractivity contribution in [1.29, 1.82) is 0 Å². The summed E-state index contributed by atoms with van der Waals surface area (Å²) in [7, 11) is 0. The van der Waals surface area contributed by atoms with Gasteiger partial charge in [-0.3, -0.25) is 4.90 Å². The minimum absolute atomic E-state index is 0.864. The Morgan fingerprint density at radius 2 is 2.05 bits per heavy atom. The molecule has 19 heavy (non-hydrogen) atoms. The minimum Gasteiger partial charge on any atom is -0.379 e. The molecule has 2 heterocycles. The summed E-state index contributed by atoms with van der Waals surface area (Å²) in [5, 5.41) is 3.28. The molecule has 4 heteroatoms. The van der Waals surface area contributed by atoms with Crippen LogP contribution >= 0.6 is 11.3 Å². The number of hydrogen-bond donors (Lipinski definition) is 0. The quantitative estimate of drug-likeness (QED) is 0.856. The van der Waals surface area contributed by atoms with Gasteiger partial charge in [0.1, 0.15) is 5.01 Å². The van der Waals surface area contributed by atoms with Gasteiger partial charge in [0.25, 0.3) is 0 Å². The van der Waals surface area contributed by atoms with Crippen LogP contribution in [0.2, 0.25) is 0 Å². The second-order valence-corrected chi connectivity index (χ2v) is 5.49. The van der Waals surface area contributed by atoms with Crippen molar-refractivity contribution in [3.63, 3.8) is 0 Å². The fourth-order valence-corrected chi connectivity index (χ4v) is 3.04. The fraction of sp³-hybridized carbons (Fsp3) is 0.400. The molecule has 0 spiro atoms. The number of rotatable bonds is 4. The van der Waals surface area contributed by atoms with E-state index in [9.17, 15) is 0 Å². The third-order valence-corrected chi connectivity index (χ3v) is 4.24. The van der Waals surface area contributed by atoms with Crippen molar-refractivity contribution in [2.75, 3.05) is 32.8 Å². The summed E-state index contributed by atoms with van der Waals surface area (Å²) < 4.78 is 5.36. The van der Waals surface area contributed by atoms with Crippen molar-refractivity contribution in [1.82, 2.24) is 9.88 Å². The van der Waals surface area contributed by atoms with Crippen molar-refractivity contribution in [2.45, 2.75) is 6.42 Å². The lowest BCUT2D eigenvalue weighted by Gasteiger charge is -2.26. The van der Waals surface area contributed by atoms with Gasteiger partial charge in [0.15, 0.2) is 0 Å². The molecule has 3 rings (SSSR count). The van der Waals surface area contributed by atoms with Crippen LogP contribution in [-0.2, 0) is 11.2 Å². The Balaban J connectivity index is 1.59. The summed E-state index contributed by atoms with van der Waals surface area (Å²) in [6, 6.07) is 11.0. The Hall–Kier alpha value is -1.23. The zero-order valence-electron chi connectivity index (χ0n) is 10.8. The van der Waals surface area contributed by atoms with Gasteiger partial charge < -0.3 is 4.74 Å². The van der Waals surface area contributed by atoms with Crippen molar-refractivity contribution in [2.24, 2.45) is 0 Å². The van der Waals surface area contributed by atoms with Crippen LogP contribution < -0.4 is 0 Å². The van der Waals surface area contributed by atoms with E-state index in [-0.39, 0.29) is 0 Å². The van der Waals surface area contributed by atoms with Gasteiger partial charge in [0.05, 0.1) is 18.9 Å². The van der Waals surface area contributed by atoms with Gasteiger partial charge in [-0.25, -0.2) is 4.98 Å². The Morgan fingerprint density at radius 3 is 2.84 bits per heavy atom. The molecule has 2 aromatic rings. The molecule has 1 saturated heterocycles. The number of morpholine rings is 1. The molecule has 0 amide bonds. The molecule has 0 saturated carbocycles. The summed E-state index contributed by atoms with van der Waals surface area (Å²) in [5.74, 6) is 0. The van der Waals surface area contributed by atoms with Crippen LogP contribution in [0.5, 0.6) is 0 Å². The first-order chi connectivity index (χ1) is 9.42. The molecule has 0 N–H and O–H groups in total. The highest BCUT2D eigenvalue weighted by Gasteiger charge is 2.11. The van der Waals surface area contributed by atoms with Gasteiger partial charge in [-0.1, -0.05) is 24.3 Å². The van der Waals surface area contributed by atoms with E-state index < -0.39 is 0 Å². The topological polar surface area (TPSA) is 25.4 Å². The zero-order chi connectivity index (χ0) is 12.9. The molecule has 1 fully saturated rings. The maximum atomic E-state index is 5.36. The average molecular weight is 273 g/mol. The van der Waals surface area contributed by atoms with Crippen LogP contribution in [0.1, 0.15) is 5.69 Å². The number of aromatic nitrogens is 1. The molecule has 3 nitrogen and oxygen atoms in total. The Bertz CT molecular complexity index is 506. The van der Waals surface area contributed by atoms with Gasteiger partial charge in [0, 0.05) is 37.0 Å². The molecule has 1 aliphatic heterocycles. The van der Waals surface area contributed by atoms with Gasteiger partial charge in [-0.05, 0) is 6.07 Å². The Kier molecular flexibility index (Phi) is 4.23. The number of hydrogen-bond acceptors (Lipinski definition) is 4. The summed E-state index contributed by atoms with van der Waals surface area (Å²) in [6.45, 7) is 4.90. The smallest absolute Gasteiger partial charge is 0.123 e. The maximum Gasteiger partial charge on any atom is 0.123 e. The molecule has 0 atom stereocenters. The van der Waals surface area contributed by atoms with Crippen molar-refractivity contribution in [3.05, 3.63) is 41.4 Å². The highest BCUT2D eigenvalue weighted by molar-refractivity contribution is 7.13. The Labute approximate surface area is 117 Å². The molecule has 0 aliphatic carbocycles. The summed E-state index contributed by atoms with van der Waals surface area (Å²) in [6.07, 6.45) is 1.02. The lowest BCUT2D eigenvalue weighted by molar-refractivity contribution is 0.0383. The fourth-order valence-electron chi connectivity index (χ4n) is 2.18. The highest BCUT2D eigenvalue weighted by atomic mass is 32.1. The van der Waals surface area contributed by atoms with Crippen LogP contribution in [0.15, 0.2) is 29.6 Å². The number of benzene rings is 1. The van der Waals surface area contributed by atoms with Crippen LogP contribution in [0.4, 0.5) is 0 Å². The summed E-state index contributed by atoms with van der Waals surface area (Å²) >= 11 is 1.72. The first-order valence-electron chi connectivity index (χ1n) is 6.63. The molecule has 1 radical (unpaired) electrons. The van der Waals surface area contributed by atoms with E-state index in [4.69, 9.17) is 9.72 Å². The van der Waals surface area contributed by atoms with Crippen molar-refractivity contribution >= 4 is 11.3 Å². The predicted molar refractivity (Wildman–Crippen MR) is 77.3 cm³/mol. The molecular formula is C15H17N2OS. The second-order valence-electron chi connectivity index (χ2n) is 4.64. The molecular weight excluding hydrogens is 256 g/mol. The van der Waals surface area contributed by atoms with E-state index in [2.05, 4.69) is 28.5 Å². The molecule has 99 valence electrons. The normalized spacial score (nSPS) is 16.6. The monoisotopic (exact) mass is 273 g/mol. The van der Waals surface area contributed by atoms with Crippen LogP contribution in [0, 0.1) is 6.07 Å². The first kappa shape index (κ1) is 12.8. The van der Waals surface area contributed by atoms with Crippen molar-refractivity contribution in [3.8, 4) is 10.6 Å². The van der Waals surface area contributed by atoms with Crippen LogP contribution in [0.3, 0.4) is 0 Å². The maximum absolute atomic E-state index is 5.36. The number of nitrogens with zero attached hydrogens (tertiary/aromatic N) is 2. The minimum atomic E-state index is 0.864. The van der Waals surface area contributed by atoms with Crippen LogP contribution in [-0.4, -0.2) is 42.7 Å². The Morgan fingerprint density at radius 1 is 1.26 bits per heavy atom. The van der Waals surface area contributed by atoms with Gasteiger partial charge in [-0.2, -0.15) is 0 Å². The molecule has 1 aliphatic rings. The van der Waals surface area contributed by atoms with E-state index in [0.717, 1.165) is 44.3 Å². The summed E-state index contributed by atoms with van der Waals surface area (Å²) in [4.78, 5) is 7.16. The van der Waals surface area contributed by atoms with E-state index in [0.29, 0.717) is 0 Å². The zero-order valence-corrected chi connectivity index (χ0v) is 11.7. The largest absolute Gasteiger partial charge is 0.379 e. The second kappa shape index (κ2) is 6.28. The lowest BCUT2D eigenvalue weighted by atomic mass is 10.2. The molecule has 0 bridgehead atoms. The highest BCUT2D eigenvalue weighted by Crippen LogP contribution is 2.23. The predicted octanol–water partition coefficient (Wildman–Crippen LogP) is 2.48. The van der Waals surface area contributed by atoms with Crippen LogP contribution in [0.25, 0.3) is 10.6 Å². The van der Waals surface area contributed by atoms with E-state index in [1.54, 1.807) is 11.3 Å². The average Bonchev–Trinajstić information content (AvgIpc) is 2.96. The standard InChI is InChI=1S/C15H17N2OS/c1-2-4-13(5-3-1)15-16-14(12-19-15)6-7-17-8-10-18-11-9-17/h2-5,12H,6-11H2. The molecule has 1 aromatic heterocycles. The van der Waals surface area contributed by atoms with Gasteiger partial charge in [-0.15, -0.1) is 11.3 Å². The number of ether oxygens (including phenoxy) is 1. The summed E-state index contributed by atoms with van der Waals surface area (Å²) in [5.41, 5.74) is 2.38. The molecule has 0 unspecified atom stereocenters. The molecule has 1 aromatic carbocycles. The first-order valence-corrected chi connectivity index (χ1v) is 7.51.